The highest BCUT2D eigenvalue weighted by molar-refractivity contribution is 5.90. The van der Waals surface area contributed by atoms with Crippen LogP contribution < -0.4 is 14.5 Å². The van der Waals surface area contributed by atoms with Crippen molar-refractivity contribution >= 4 is 17.5 Å². The number of anilines is 2. The van der Waals surface area contributed by atoms with Crippen molar-refractivity contribution in [3.63, 3.8) is 0 Å². The number of nitrogens with zero attached hydrogens (tertiary/aromatic N) is 3. The van der Waals surface area contributed by atoms with Gasteiger partial charge in [-0.3, -0.25) is 4.90 Å². The highest BCUT2D eigenvalue weighted by Gasteiger charge is 2.46. The first-order chi connectivity index (χ1) is 16.1. The van der Waals surface area contributed by atoms with Gasteiger partial charge in [-0.15, -0.1) is 0 Å². The summed E-state index contributed by atoms with van der Waals surface area (Å²) in [7, 11) is 1.06. The zero-order chi connectivity index (χ0) is 26.3. The fourth-order valence-electron chi connectivity index (χ4n) is 3.48. The Morgan fingerprint density at radius 3 is 2.03 bits per heavy atom. The molecule has 0 aliphatic carbocycles. The van der Waals surface area contributed by atoms with E-state index in [0.29, 0.717) is 9.80 Å². The molecule has 2 aromatic carbocycles. The number of halogens is 7. The first-order valence-corrected chi connectivity index (χ1v) is 9.72. The number of aliphatic hydroxyl groups is 2. The molecule has 2 atom stereocenters. The van der Waals surface area contributed by atoms with Crippen LogP contribution in [0.4, 0.5) is 46.9 Å². The van der Waals surface area contributed by atoms with Crippen molar-refractivity contribution in [1.82, 2.24) is 0 Å². The van der Waals surface area contributed by atoms with Crippen LogP contribution in [0.2, 0.25) is 0 Å². The van der Waals surface area contributed by atoms with Crippen LogP contribution in [0.25, 0.3) is 0 Å². The van der Waals surface area contributed by atoms with Crippen molar-refractivity contribution in [2.24, 2.45) is 0 Å². The lowest BCUT2D eigenvalue weighted by molar-refractivity contribution is -0.143. The van der Waals surface area contributed by atoms with Crippen molar-refractivity contribution in [3.05, 3.63) is 52.8 Å². The number of amides is 1. The van der Waals surface area contributed by atoms with Gasteiger partial charge >= 0.3 is 18.4 Å². The summed E-state index contributed by atoms with van der Waals surface area (Å²) in [6.45, 7) is -1.29. The molecule has 0 spiro atoms. The zero-order valence-electron chi connectivity index (χ0n) is 17.7. The fourth-order valence-corrected chi connectivity index (χ4v) is 3.48. The van der Waals surface area contributed by atoms with Gasteiger partial charge in [0.15, 0.2) is 5.75 Å². The number of ether oxygens (including phenoxy) is 1. The Morgan fingerprint density at radius 2 is 1.57 bits per heavy atom. The minimum atomic E-state index is -5.47. The van der Waals surface area contributed by atoms with E-state index < -0.39 is 77.7 Å². The number of benzene rings is 2. The van der Waals surface area contributed by atoms with E-state index in [1.807, 2.05) is 0 Å². The molecule has 0 saturated carbocycles. The van der Waals surface area contributed by atoms with E-state index in [1.165, 1.54) is 6.07 Å². The molecular weight excluding hydrogens is 491 g/mol. The molecule has 1 fully saturated rings. The summed E-state index contributed by atoms with van der Waals surface area (Å²) >= 11 is 0. The van der Waals surface area contributed by atoms with Crippen LogP contribution in [0, 0.1) is 17.1 Å². The van der Waals surface area contributed by atoms with E-state index in [9.17, 15) is 51.0 Å². The number of rotatable bonds is 3. The van der Waals surface area contributed by atoms with Crippen LogP contribution in [0.3, 0.4) is 0 Å². The number of hydrogen-bond donors (Lipinski definition) is 2. The topological polar surface area (TPSA) is 97.0 Å². The molecule has 1 heterocycles. The molecule has 35 heavy (non-hydrogen) atoms. The first-order valence-electron chi connectivity index (χ1n) is 9.72. The minimum Gasteiger partial charge on any atom is -0.407 e. The van der Waals surface area contributed by atoms with Gasteiger partial charge in [0.1, 0.15) is 17.4 Å². The smallest absolute Gasteiger partial charge is 0.407 e. The second-order valence-corrected chi connectivity index (χ2v) is 7.57. The predicted molar refractivity (Wildman–Crippen MR) is 106 cm³/mol. The molecule has 0 aromatic heterocycles. The summed E-state index contributed by atoms with van der Waals surface area (Å²) in [6, 6.07) is 4.95. The maximum Gasteiger partial charge on any atom is 0.420 e. The van der Waals surface area contributed by atoms with Crippen molar-refractivity contribution in [2.75, 3.05) is 29.9 Å². The summed E-state index contributed by atoms with van der Waals surface area (Å²) in [5, 5.41) is 29.1. The number of carbonyl (C=O) groups excluding carboxylic acids is 1. The fraction of sp³-hybridized carbons (Fsp3) is 0.333. The summed E-state index contributed by atoms with van der Waals surface area (Å²) in [5.41, 5.74) is -6.32. The van der Waals surface area contributed by atoms with Gasteiger partial charge in [0.05, 0.1) is 29.0 Å². The van der Waals surface area contributed by atoms with Gasteiger partial charge in [-0.2, -0.15) is 31.6 Å². The molecule has 1 aliphatic rings. The molecule has 14 heteroatoms. The quantitative estimate of drug-likeness (QED) is 0.612. The van der Waals surface area contributed by atoms with E-state index in [-0.39, 0.29) is 11.8 Å². The molecule has 1 amide bonds. The van der Waals surface area contributed by atoms with Gasteiger partial charge in [0.2, 0.25) is 0 Å². The van der Waals surface area contributed by atoms with E-state index in [1.54, 1.807) is 0 Å². The molecule has 2 N–H and O–H groups in total. The third-order valence-electron chi connectivity index (χ3n) is 5.23. The molecule has 2 aromatic rings. The van der Waals surface area contributed by atoms with E-state index in [4.69, 9.17) is 4.74 Å². The van der Waals surface area contributed by atoms with Gasteiger partial charge in [-0.1, -0.05) is 0 Å². The van der Waals surface area contributed by atoms with Gasteiger partial charge in [-0.05, 0) is 30.3 Å². The van der Waals surface area contributed by atoms with Gasteiger partial charge in [0.25, 0.3) is 0 Å². The maximum atomic E-state index is 13.9. The predicted octanol–water partition coefficient (Wildman–Crippen LogP) is 3.91. The van der Waals surface area contributed by atoms with Crippen molar-refractivity contribution in [1.29, 1.82) is 5.26 Å². The monoisotopic (exact) mass is 507 g/mol. The standard InChI is InChI=1S/C21H16F7N3O4/c1-30(11-4-2-10(22)3-5-11)19(34)35-18-14(21(26,27)28)6-13(20(23,24)25)12(7-29)17(18)31-8-15(32)16(33)9-31/h2-6,15-16,32-33H,8-9H2,1H3/t15-,16+. The Labute approximate surface area is 193 Å². The molecule has 0 radical (unpaired) electrons. The number of nitriles is 1. The number of hydrogen-bond acceptors (Lipinski definition) is 6. The van der Waals surface area contributed by atoms with E-state index >= 15 is 0 Å². The molecule has 3 rings (SSSR count). The SMILES string of the molecule is CN(C(=O)Oc1c(C(F)(F)F)cc(C(F)(F)F)c(C#N)c1N1C[C@@H](O)[C@@H](O)C1)c1ccc(F)cc1. The highest BCUT2D eigenvalue weighted by Crippen LogP contribution is 2.49. The number of aliphatic hydroxyl groups excluding tert-OH is 2. The third kappa shape index (κ3) is 5.25. The van der Waals surface area contributed by atoms with Crippen LogP contribution in [0.15, 0.2) is 30.3 Å². The lowest BCUT2D eigenvalue weighted by Gasteiger charge is -2.28. The molecule has 0 bridgehead atoms. The first kappa shape index (κ1) is 26.0. The second-order valence-electron chi connectivity index (χ2n) is 7.57. The molecule has 188 valence electrons. The van der Waals surface area contributed by atoms with Crippen LogP contribution in [0.1, 0.15) is 16.7 Å². The number of alkyl halides is 6. The second kappa shape index (κ2) is 9.23. The van der Waals surface area contributed by atoms with Crippen LogP contribution in [0.5, 0.6) is 5.75 Å². The molecule has 7 nitrogen and oxygen atoms in total. The molecule has 0 unspecified atom stereocenters. The Kier molecular flexibility index (Phi) is 6.87. The number of carbonyl (C=O) groups is 1. The molecule has 1 saturated heterocycles. The van der Waals surface area contributed by atoms with Crippen LogP contribution in [-0.4, -0.2) is 48.7 Å². The Balaban J connectivity index is 2.23. The minimum absolute atomic E-state index is 0.0223. The van der Waals surface area contributed by atoms with Crippen molar-refractivity contribution in [3.8, 4) is 11.8 Å². The van der Waals surface area contributed by atoms with Crippen LogP contribution in [-0.2, 0) is 12.4 Å². The largest absolute Gasteiger partial charge is 0.420 e. The van der Waals surface area contributed by atoms with Gasteiger partial charge in [-0.25, -0.2) is 9.18 Å². The zero-order valence-corrected chi connectivity index (χ0v) is 17.7. The van der Waals surface area contributed by atoms with Gasteiger partial charge < -0.3 is 19.8 Å². The van der Waals surface area contributed by atoms with Crippen LogP contribution >= 0.6 is 0 Å². The lowest BCUT2D eigenvalue weighted by atomic mass is 9.99. The van der Waals surface area contributed by atoms with E-state index in [0.717, 1.165) is 31.3 Å². The van der Waals surface area contributed by atoms with Crippen molar-refractivity contribution < 1.29 is 50.5 Å². The normalized spacial score (nSPS) is 18.4. The summed E-state index contributed by atoms with van der Waals surface area (Å²) in [4.78, 5) is 14.0. The highest BCUT2D eigenvalue weighted by atomic mass is 19.4. The Morgan fingerprint density at radius 1 is 1.06 bits per heavy atom. The summed E-state index contributed by atoms with van der Waals surface area (Å²) in [6.07, 6.45) is -15.5. The molecular formula is C21H16F7N3O4. The lowest BCUT2D eigenvalue weighted by Crippen LogP contribution is -2.32. The van der Waals surface area contributed by atoms with Gasteiger partial charge in [0, 0.05) is 25.8 Å². The van der Waals surface area contributed by atoms with Crippen molar-refractivity contribution in [2.45, 2.75) is 24.6 Å². The Bertz CT molecular complexity index is 1150. The Hall–Kier alpha value is -3.57. The number of β-amino-alcohol motifs (C(OH)–C–C–N with tert-alkyl or cyclic N) is 2. The average molecular weight is 507 g/mol. The maximum absolute atomic E-state index is 13.9. The third-order valence-corrected chi connectivity index (χ3v) is 5.23. The molecule has 1 aliphatic heterocycles. The average Bonchev–Trinajstić information content (AvgIpc) is 3.09. The summed E-state index contributed by atoms with van der Waals surface area (Å²) < 4.78 is 101. The summed E-state index contributed by atoms with van der Waals surface area (Å²) in [5.74, 6) is -2.09. The van der Waals surface area contributed by atoms with E-state index in [2.05, 4.69) is 0 Å².